The maximum Gasteiger partial charge on any atom is 0.159 e. The van der Waals surface area contributed by atoms with E-state index >= 15 is 0 Å². The van der Waals surface area contributed by atoms with Gasteiger partial charge in [0.1, 0.15) is 5.58 Å². The van der Waals surface area contributed by atoms with Crippen LogP contribution in [-0.2, 0) is 5.41 Å². The molecule has 0 bridgehead atoms. The van der Waals surface area contributed by atoms with Crippen molar-refractivity contribution in [2.75, 3.05) is 11.4 Å². The molecule has 2 nitrogen and oxygen atoms in total. The third kappa shape index (κ3) is 4.65. The lowest BCUT2D eigenvalue weighted by atomic mass is 9.66. The van der Waals surface area contributed by atoms with Gasteiger partial charge in [-0.25, -0.2) is 0 Å². The predicted octanol–water partition coefficient (Wildman–Crippen LogP) is 11.8. The van der Waals surface area contributed by atoms with Crippen molar-refractivity contribution in [1.29, 1.82) is 0 Å². The van der Waals surface area contributed by atoms with Crippen LogP contribution < -0.4 is 4.90 Å². The Bertz CT molecular complexity index is 2260. The zero-order chi connectivity index (χ0) is 31.6. The van der Waals surface area contributed by atoms with Gasteiger partial charge in [0.15, 0.2) is 5.58 Å². The highest BCUT2D eigenvalue weighted by atomic mass is 16.3. The Morgan fingerprint density at radius 2 is 1.30 bits per heavy atom. The van der Waals surface area contributed by atoms with Gasteiger partial charge in [-0.15, -0.1) is 5.73 Å². The molecule has 0 amide bonds. The molecule has 1 aliphatic carbocycles. The molecular formula is C45H35NO. The first-order chi connectivity index (χ1) is 23.3. The molecule has 0 spiro atoms. The van der Waals surface area contributed by atoms with Crippen molar-refractivity contribution < 1.29 is 4.42 Å². The minimum atomic E-state index is -0.532. The number of anilines is 2. The Balaban J connectivity index is 1.44. The molecule has 226 valence electrons. The molecule has 6 aromatic carbocycles. The normalized spacial score (nSPS) is 13.0. The number of benzene rings is 6. The molecule has 1 heterocycles. The molecule has 0 fully saturated rings. The van der Waals surface area contributed by atoms with Crippen LogP contribution in [0.25, 0.3) is 33.1 Å². The van der Waals surface area contributed by atoms with Crippen LogP contribution in [-0.4, -0.2) is 6.54 Å². The fourth-order valence-electron chi connectivity index (χ4n) is 7.51. The minimum absolute atomic E-state index is 0.532. The molecule has 8 rings (SSSR count). The van der Waals surface area contributed by atoms with Crippen molar-refractivity contribution in [2.24, 2.45) is 0 Å². The first-order valence-corrected chi connectivity index (χ1v) is 16.4. The molecule has 0 saturated heterocycles. The van der Waals surface area contributed by atoms with Gasteiger partial charge in [-0.1, -0.05) is 133 Å². The third-order valence-corrected chi connectivity index (χ3v) is 9.43. The molecule has 0 aliphatic heterocycles. The summed E-state index contributed by atoms with van der Waals surface area (Å²) in [6.45, 7) is 2.80. The molecule has 1 aliphatic rings. The van der Waals surface area contributed by atoms with Crippen molar-refractivity contribution in [3.05, 3.63) is 198 Å². The molecule has 0 atom stereocenters. The van der Waals surface area contributed by atoms with E-state index in [9.17, 15) is 0 Å². The Labute approximate surface area is 276 Å². The molecule has 2 heteroatoms. The Morgan fingerprint density at radius 1 is 0.660 bits per heavy atom. The maximum absolute atomic E-state index is 6.92. The van der Waals surface area contributed by atoms with Crippen molar-refractivity contribution >= 4 is 33.3 Å². The monoisotopic (exact) mass is 605 g/mol. The van der Waals surface area contributed by atoms with E-state index in [1.54, 1.807) is 0 Å². The van der Waals surface area contributed by atoms with Gasteiger partial charge >= 0.3 is 0 Å². The standard InChI is InChI=1S/C45H35NO/c1-2-3-4-5-6-19-32-46(34-22-11-8-12-23-34)41-31-30-40(43-37-26-15-18-29-42(37)47-44(41)43)45(33-20-9-7-10-21-33)38-27-16-13-24-35(38)36-25-14-17-28-39(36)45/h2-4,6-18,20-31H,19,32H2,1H3/b3-2-. The second kappa shape index (κ2) is 12.2. The van der Waals surface area contributed by atoms with E-state index in [-0.39, 0.29) is 0 Å². The fourth-order valence-corrected chi connectivity index (χ4v) is 7.51. The lowest BCUT2D eigenvalue weighted by molar-refractivity contribution is 0.666. The Morgan fingerprint density at radius 3 is 2.02 bits per heavy atom. The van der Waals surface area contributed by atoms with Crippen LogP contribution in [0.5, 0.6) is 0 Å². The summed E-state index contributed by atoms with van der Waals surface area (Å²) >= 11 is 0. The Hall–Kier alpha value is -5.82. The molecular weight excluding hydrogens is 571 g/mol. The highest BCUT2D eigenvalue weighted by Gasteiger charge is 2.47. The van der Waals surface area contributed by atoms with Crippen LogP contribution >= 0.6 is 0 Å². The summed E-state index contributed by atoms with van der Waals surface area (Å²) in [6.07, 6.45) is 8.92. The summed E-state index contributed by atoms with van der Waals surface area (Å²) in [5.74, 6) is 0. The van der Waals surface area contributed by atoms with Crippen LogP contribution in [0.1, 0.15) is 35.6 Å². The summed E-state index contributed by atoms with van der Waals surface area (Å²) in [7, 11) is 0. The van der Waals surface area contributed by atoms with Gasteiger partial charge in [0.25, 0.3) is 0 Å². The number of hydrogen-bond donors (Lipinski definition) is 0. The summed E-state index contributed by atoms with van der Waals surface area (Å²) in [5, 5.41) is 2.27. The number of fused-ring (bicyclic) bond motifs is 6. The average molecular weight is 606 g/mol. The number of hydrogen-bond acceptors (Lipinski definition) is 2. The molecule has 0 unspecified atom stereocenters. The maximum atomic E-state index is 6.92. The van der Waals surface area contributed by atoms with E-state index in [0.29, 0.717) is 0 Å². The first kappa shape index (κ1) is 28.6. The lowest BCUT2D eigenvalue weighted by Crippen LogP contribution is -2.29. The van der Waals surface area contributed by atoms with Crippen molar-refractivity contribution in [3.8, 4) is 11.1 Å². The number of furan rings is 1. The van der Waals surface area contributed by atoms with E-state index in [4.69, 9.17) is 4.42 Å². The SMILES string of the molecule is C/C=C\C=C=CCCN(c1ccccc1)c1ccc(C2(c3ccccc3)c3ccccc3-c3ccccc32)c2c1oc1ccccc12. The van der Waals surface area contributed by atoms with Gasteiger partial charge in [0.05, 0.1) is 11.1 Å². The summed E-state index contributed by atoms with van der Waals surface area (Å²) < 4.78 is 6.92. The second-order valence-corrected chi connectivity index (χ2v) is 12.0. The van der Waals surface area contributed by atoms with Gasteiger partial charge in [0, 0.05) is 23.0 Å². The topological polar surface area (TPSA) is 16.4 Å². The summed E-state index contributed by atoms with van der Waals surface area (Å²) in [5.41, 5.74) is 14.4. The van der Waals surface area contributed by atoms with E-state index in [1.807, 2.05) is 25.2 Å². The van der Waals surface area contributed by atoms with E-state index in [2.05, 4.69) is 162 Å². The third-order valence-electron chi connectivity index (χ3n) is 9.43. The summed E-state index contributed by atoms with van der Waals surface area (Å²) in [6, 6.07) is 52.6. The van der Waals surface area contributed by atoms with E-state index < -0.39 is 5.41 Å². The molecule has 0 saturated carbocycles. The minimum Gasteiger partial charge on any atom is -0.454 e. The second-order valence-electron chi connectivity index (χ2n) is 12.0. The molecule has 7 aromatic rings. The molecule has 47 heavy (non-hydrogen) atoms. The predicted molar refractivity (Wildman–Crippen MR) is 197 cm³/mol. The van der Waals surface area contributed by atoms with Gasteiger partial charge in [-0.2, -0.15) is 0 Å². The number of rotatable bonds is 8. The highest BCUT2D eigenvalue weighted by Crippen LogP contribution is 2.58. The average Bonchev–Trinajstić information content (AvgIpc) is 3.67. The Kier molecular flexibility index (Phi) is 7.42. The van der Waals surface area contributed by atoms with Crippen LogP contribution in [0.2, 0.25) is 0 Å². The van der Waals surface area contributed by atoms with Crippen LogP contribution in [0, 0.1) is 0 Å². The summed E-state index contributed by atoms with van der Waals surface area (Å²) in [4.78, 5) is 2.38. The van der Waals surface area contributed by atoms with Gasteiger partial charge in [-0.3, -0.25) is 0 Å². The van der Waals surface area contributed by atoms with Crippen molar-refractivity contribution in [1.82, 2.24) is 0 Å². The zero-order valence-corrected chi connectivity index (χ0v) is 26.4. The smallest absolute Gasteiger partial charge is 0.159 e. The number of para-hydroxylation sites is 2. The first-order valence-electron chi connectivity index (χ1n) is 16.4. The molecule has 0 radical (unpaired) electrons. The van der Waals surface area contributed by atoms with E-state index in [1.165, 1.54) is 33.4 Å². The fraction of sp³-hybridized carbons (Fsp3) is 0.0889. The quantitative estimate of drug-likeness (QED) is 0.127. The lowest BCUT2D eigenvalue weighted by Gasteiger charge is -2.35. The van der Waals surface area contributed by atoms with Crippen molar-refractivity contribution in [2.45, 2.75) is 18.8 Å². The largest absolute Gasteiger partial charge is 0.454 e. The zero-order valence-electron chi connectivity index (χ0n) is 26.4. The van der Waals surface area contributed by atoms with Gasteiger partial charge < -0.3 is 9.32 Å². The highest BCUT2D eigenvalue weighted by molar-refractivity contribution is 6.13. The van der Waals surface area contributed by atoms with Crippen LogP contribution in [0.4, 0.5) is 11.4 Å². The molecule has 1 aromatic heterocycles. The van der Waals surface area contributed by atoms with Crippen LogP contribution in [0.15, 0.2) is 180 Å². The van der Waals surface area contributed by atoms with Crippen LogP contribution in [0.3, 0.4) is 0 Å². The van der Waals surface area contributed by atoms with Gasteiger partial charge in [0.2, 0.25) is 0 Å². The van der Waals surface area contributed by atoms with E-state index in [0.717, 1.165) is 46.3 Å². The van der Waals surface area contributed by atoms with Gasteiger partial charge in [-0.05, 0) is 83.1 Å². The number of allylic oxidation sites excluding steroid dienone is 2. The molecule has 0 N–H and O–H groups in total. The number of nitrogens with zero attached hydrogens (tertiary/aromatic N) is 1. The van der Waals surface area contributed by atoms with Crippen molar-refractivity contribution in [3.63, 3.8) is 0 Å².